The molecule has 1 aromatic heterocycles. The van der Waals surface area contributed by atoms with Gasteiger partial charge in [0.1, 0.15) is 5.78 Å². The van der Waals surface area contributed by atoms with Crippen LogP contribution in [0.1, 0.15) is 18.5 Å². The van der Waals surface area contributed by atoms with E-state index in [2.05, 4.69) is 0 Å². The van der Waals surface area contributed by atoms with Crippen molar-refractivity contribution in [2.45, 2.75) is 19.3 Å². The SMILES string of the molecule is Cn1cccc1CCC(=O)CC(N)=O. The molecule has 0 atom stereocenters. The number of carbonyl (C=O) groups excluding carboxylic acids is 2. The van der Waals surface area contributed by atoms with E-state index < -0.39 is 5.91 Å². The van der Waals surface area contributed by atoms with Gasteiger partial charge in [0.15, 0.2) is 0 Å². The van der Waals surface area contributed by atoms with Crippen LogP contribution in [0.2, 0.25) is 0 Å². The molecule has 1 rings (SSSR count). The molecule has 1 aromatic rings. The van der Waals surface area contributed by atoms with Crippen LogP contribution in [0, 0.1) is 0 Å². The third-order valence-electron chi connectivity index (χ3n) is 2.08. The highest BCUT2D eigenvalue weighted by atomic mass is 16.2. The number of nitrogens with zero attached hydrogens (tertiary/aromatic N) is 1. The normalized spacial score (nSPS) is 10.1. The number of aryl methyl sites for hydroxylation is 2. The van der Waals surface area contributed by atoms with Crippen molar-refractivity contribution in [3.05, 3.63) is 24.0 Å². The van der Waals surface area contributed by atoms with Gasteiger partial charge in [-0.25, -0.2) is 0 Å². The number of amides is 1. The molecule has 0 aliphatic carbocycles. The van der Waals surface area contributed by atoms with Crippen LogP contribution in [0.4, 0.5) is 0 Å². The molecule has 4 heteroatoms. The van der Waals surface area contributed by atoms with Crippen LogP contribution in [0.15, 0.2) is 18.3 Å². The van der Waals surface area contributed by atoms with Crippen LogP contribution in [-0.4, -0.2) is 16.3 Å². The molecule has 0 spiro atoms. The predicted octanol–water partition coefficient (Wildman–Crippen LogP) is 0.402. The maximum atomic E-state index is 11.1. The fourth-order valence-electron chi connectivity index (χ4n) is 1.31. The van der Waals surface area contributed by atoms with Gasteiger partial charge in [-0.15, -0.1) is 0 Å². The molecule has 76 valence electrons. The Bertz CT molecular complexity index is 342. The molecule has 14 heavy (non-hydrogen) atoms. The molecular weight excluding hydrogens is 180 g/mol. The Kier molecular flexibility index (Phi) is 3.45. The summed E-state index contributed by atoms with van der Waals surface area (Å²) in [5.41, 5.74) is 5.99. The van der Waals surface area contributed by atoms with Crippen LogP contribution in [0.3, 0.4) is 0 Å². The second-order valence-corrected chi connectivity index (χ2v) is 3.29. The van der Waals surface area contributed by atoms with Crippen molar-refractivity contribution in [1.82, 2.24) is 4.57 Å². The maximum Gasteiger partial charge on any atom is 0.224 e. The Morgan fingerprint density at radius 1 is 1.50 bits per heavy atom. The van der Waals surface area contributed by atoms with Crippen molar-refractivity contribution < 1.29 is 9.59 Å². The fourth-order valence-corrected chi connectivity index (χ4v) is 1.31. The molecule has 0 bridgehead atoms. The minimum atomic E-state index is -0.554. The Morgan fingerprint density at radius 2 is 2.21 bits per heavy atom. The summed E-state index contributed by atoms with van der Waals surface area (Å²) in [6.45, 7) is 0. The third kappa shape index (κ3) is 3.05. The van der Waals surface area contributed by atoms with E-state index in [-0.39, 0.29) is 12.2 Å². The first-order valence-corrected chi connectivity index (χ1v) is 4.50. The van der Waals surface area contributed by atoms with Crippen molar-refractivity contribution >= 4 is 11.7 Å². The van der Waals surface area contributed by atoms with E-state index in [9.17, 15) is 9.59 Å². The molecule has 4 nitrogen and oxygen atoms in total. The highest BCUT2D eigenvalue weighted by Gasteiger charge is 2.07. The van der Waals surface area contributed by atoms with Gasteiger partial charge < -0.3 is 10.3 Å². The lowest BCUT2D eigenvalue weighted by Crippen LogP contribution is -2.16. The van der Waals surface area contributed by atoms with Crippen molar-refractivity contribution in [2.75, 3.05) is 0 Å². The molecule has 1 amide bonds. The van der Waals surface area contributed by atoms with Crippen LogP contribution >= 0.6 is 0 Å². The number of aromatic nitrogens is 1. The zero-order chi connectivity index (χ0) is 10.6. The van der Waals surface area contributed by atoms with Crippen molar-refractivity contribution in [1.29, 1.82) is 0 Å². The summed E-state index contributed by atoms with van der Waals surface area (Å²) in [5, 5.41) is 0. The molecule has 0 aliphatic heterocycles. The third-order valence-corrected chi connectivity index (χ3v) is 2.08. The Labute approximate surface area is 82.7 Å². The van der Waals surface area contributed by atoms with E-state index >= 15 is 0 Å². The van der Waals surface area contributed by atoms with Gasteiger partial charge in [-0.05, 0) is 18.6 Å². The van der Waals surface area contributed by atoms with E-state index in [1.807, 2.05) is 29.9 Å². The first-order valence-electron chi connectivity index (χ1n) is 4.50. The van der Waals surface area contributed by atoms with Crippen LogP contribution in [0.25, 0.3) is 0 Å². The average Bonchev–Trinajstić information content (AvgIpc) is 2.46. The van der Waals surface area contributed by atoms with E-state index in [0.717, 1.165) is 5.69 Å². The average molecular weight is 194 g/mol. The first-order chi connectivity index (χ1) is 6.59. The summed E-state index contributed by atoms with van der Waals surface area (Å²) in [5.74, 6) is -0.652. The van der Waals surface area contributed by atoms with E-state index in [4.69, 9.17) is 5.73 Å². The Balaban J connectivity index is 2.38. The predicted molar refractivity (Wildman–Crippen MR) is 52.6 cm³/mol. The molecule has 0 saturated carbocycles. The van der Waals surface area contributed by atoms with Gasteiger partial charge in [0.2, 0.25) is 5.91 Å². The van der Waals surface area contributed by atoms with Gasteiger partial charge in [-0.1, -0.05) is 0 Å². The molecule has 0 aromatic carbocycles. The summed E-state index contributed by atoms with van der Waals surface area (Å²) in [6.07, 6.45) is 2.81. The maximum absolute atomic E-state index is 11.1. The Morgan fingerprint density at radius 3 is 2.71 bits per heavy atom. The summed E-state index contributed by atoms with van der Waals surface area (Å²) in [6, 6.07) is 3.88. The monoisotopic (exact) mass is 194 g/mol. The highest BCUT2D eigenvalue weighted by molar-refractivity contribution is 5.97. The number of carbonyl (C=O) groups is 2. The standard InChI is InChI=1S/C10H14N2O2/c1-12-6-2-3-8(12)4-5-9(13)7-10(11)14/h2-3,6H,4-5,7H2,1H3,(H2,11,14). The molecule has 1 heterocycles. The van der Waals surface area contributed by atoms with Gasteiger partial charge in [0.25, 0.3) is 0 Å². The molecular formula is C10H14N2O2. The van der Waals surface area contributed by atoms with Crippen LogP contribution < -0.4 is 5.73 Å². The molecule has 2 N–H and O–H groups in total. The van der Waals surface area contributed by atoms with Crippen molar-refractivity contribution in [2.24, 2.45) is 12.8 Å². The van der Waals surface area contributed by atoms with Gasteiger partial charge in [0, 0.05) is 25.4 Å². The van der Waals surface area contributed by atoms with Crippen molar-refractivity contribution in [3.63, 3.8) is 0 Å². The summed E-state index contributed by atoms with van der Waals surface area (Å²) in [7, 11) is 1.92. The molecule has 0 saturated heterocycles. The van der Waals surface area contributed by atoms with Gasteiger partial charge >= 0.3 is 0 Å². The number of nitrogens with two attached hydrogens (primary N) is 1. The van der Waals surface area contributed by atoms with Crippen LogP contribution in [0.5, 0.6) is 0 Å². The number of hydrogen-bond acceptors (Lipinski definition) is 2. The lowest BCUT2D eigenvalue weighted by Gasteiger charge is -2.01. The summed E-state index contributed by atoms with van der Waals surface area (Å²) < 4.78 is 1.96. The summed E-state index contributed by atoms with van der Waals surface area (Å²) in [4.78, 5) is 21.6. The quantitative estimate of drug-likeness (QED) is 0.689. The summed E-state index contributed by atoms with van der Waals surface area (Å²) >= 11 is 0. The zero-order valence-electron chi connectivity index (χ0n) is 8.19. The Hall–Kier alpha value is -1.58. The molecule has 0 fully saturated rings. The topological polar surface area (TPSA) is 65.1 Å². The van der Waals surface area contributed by atoms with E-state index in [0.29, 0.717) is 12.8 Å². The minimum Gasteiger partial charge on any atom is -0.369 e. The minimum absolute atomic E-state index is 0.0984. The van der Waals surface area contributed by atoms with Crippen molar-refractivity contribution in [3.8, 4) is 0 Å². The van der Waals surface area contributed by atoms with Crippen LogP contribution in [-0.2, 0) is 23.1 Å². The molecule has 0 aliphatic rings. The first kappa shape index (κ1) is 10.5. The van der Waals surface area contributed by atoms with E-state index in [1.54, 1.807) is 0 Å². The van der Waals surface area contributed by atoms with Gasteiger partial charge in [0.05, 0.1) is 6.42 Å². The second kappa shape index (κ2) is 4.60. The second-order valence-electron chi connectivity index (χ2n) is 3.29. The number of rotatable bonds is 5. The molecule has 0 unspecified atom stereocenters. The smallest absolute Gasteiger partial charge is 0.224 e. The number of primary amides is 1. The number of hydrogen-bond donors (Lipinski definition) is 1. The fraction of sp³-hybridized carbons (Fsp3) is 0.400. The van der Waals surface area contributed by atoms with Gasteiger partial charge in [-0.3, -0.25) is 9.59 Å². The lowest BCUT2D eigenvalue weighted by molar-refractivity contribution is -0.126. The largest absolute Gasteiger partial charge is 0.369 e. The van der Waals surface area contributed by atoms with Gasteiger partial charge in [-0.2, -0.15) is 0 Å². The lowest BCUT2D eigenvalue weighted by atomic mass is 10.1. The van der Waals surface area contributed by atoms with E-state index in [1.165, 1.54) is 0 Å². The highest BCUT2D eigenvalue weighted by Crippen LogP contribution is 2.04. The molecule has 0 radical (unpaired) electrons. The zero-order valence-corrected chi connectivity index (χ0v) is 8.19. The number of ketones is 1. The number of Topliss-reactive ketones (excluding diaryl/α,β-unsaturated/α-hetero) is 1.